The molecule has 0 saturated carbocycles. The highest BCUT2D eigenvalue weighted by molar-refractivity contribution is 6.08. The molecular weight excluding hydrogens is 415 g/mol. The summed E-state index contributed by atoms with van der Waals surface area (Å²) in [4.78, 5) is 12.5. The van der Waals surface area contributed by atoms with E-state index >= 15 is 0 Å². The fraction of sp³-hybridized carbons (Fsp3) is 0.273. The van der Waals surface area contributed by atoms with Crippen molar-refractivity contribution in [3.8, 4) is 0 Å². The summed E-state index contributed by atoms with van der Waals surface area (Å²) in [6.07, 6.45) is -1.92. The first-order valence-electron chi connectivity index (χ1n) is 9.59. The van der Waals surface area contributed by atoms with Gasteiger partial charge in [-0.05, 0) is 47.9 Å². The van der Waals surface area contributed by atoms with Gasteiger partial charge in [-0.25, -0.2) is 13.8 Å². The van der Waals surface area contributed by atoms with Gasteiger partial charge in [-0.3, -0.25) is 4.99 Å². The van der Waals surface area contributed by atoms with Gasteiger partial charge in [-0.1, -0.05) is 0 Å². The average molecular weight is 434 g/mol. The van der Waals surface area contributed by atoms with Gasteiger partial charge >= 0.3 is 6.18 Å². The van der Waals surface area contributed by atoms with E-state index in [0.717, 1.165) is 16.9 Å². The van der Waals surface area contributed by atoms with Crippen LogP contribution in [0.1, 0.15) is 24.5 Å². The second kappa shape index (κ2) is 7.79. The molecule has 9 heteroatoms. The Kier molecular flexibility index (Phi) is 5.28. The number of nitrogens with zero attached hydrogens (tertiary/aromatic N) is 3. The molecule has 0 aliphatic carbocycles. The number of alkyl halides is 3. The topological polar surface area (TPSA) is 44.3 Å². The van der Waals surface area contributed by atoms with Crippen molar-refractivity contribution in [2.45, 2.75) is 19.5 Å². The van der Waals surface area contributed by atoms with Crippen LogP contribution in [0.3, 0.4) is 0 Å². The van der Waals surface area contributed by atoms with Crippen LogP contribution in [0.4, 0.5) is 27.8 Å². The third-order valence-corrected chi connectivity index (χ3v) is 5.53. The zero-order valence-corrected chi connectivity index (χ0v) is 16.8. The van der Waals surface area contributed by atoms with Gasteiger partial charge < -0.3 is 9.88 Å². The summed E-state index contributed by atoms with van der Waals surface area (Å²) < 4.78 is 67.5. The van der Waals surface area contributed by atoms with Gasteiger partial charge in [0, 0.05) is 50.0 Å². The number of H-pyrrole nitrogens is 1. The quantitative estimate of drug-likeness (QED) is 0.533. The molecule has 0 atom stereocenters. The fourth-order valence-electron chi connectivity index (χ4n) is 3.85. The van der Waals surface area contributed by atoms with E-state index < -0.39 is 23.4 Å². The van der Waals surface area contributed by atoms with E-state index in [9.17, 15) is 22.0 Å². The van der Waals surface area contributed by atoms with Crippen molar-refractivity contribution in [3.63, 3.8) is 0 Å². The van der Waals surface area contributed by atoms with Crippen LogP contribution in [0.25, 0.3) is 16.5 Å². The Morgan fingerprint density at radius 2 is 1.94 bits per heavy atom. The van der Waals surface area contributed by atoms with Gasteiger partial charge in [-0.15, -0.1) is 0 Å². The molecule has 1 aliphatic heterocycles. The van der Waals surface area contributed by atoms with Crippen LogP contribution in [0, 0.1) is 11.6 Å². The predicted molar refractivity (Wildman–Crippen MR) is 110 cm³/mol. The highest BCUT2D eigenvalue weighted by atomic mass is 19.4. The molecule has 0 unspecified atom stereocenters. The van der Waals surface area contributed by atoms with E-state index in [2.05, 4.69) is 15.0 Å². The lowest BCUT2D eigenvalue weighted by Crippen LogP contribution is -2.37. The van der Waals surface area contributed by atoms with Crippen molar-refractivity contribution < 1.29 is 22.0 Å². The Morgan fingerprint density at radius 3 is 2.61 bits per heavy atom. The summed E-state index contributed by atoms with van der Waals surface area (Å²) in [5.74, 6) is -1.58. The normalized spacial score (nSPS) is 18.2. The molecule has 1 aromatic carbocycles. The lowest BCUT2D eigenvalue weighted by atomic mass is 9.92. The molecule has 0 bridgehead atoms. The predicted octanol–water partition coefficient (Wildman–Crippen LogP) is 5.61. The minimum absolute atomic E-state index is 0.152. The smallest absolute Gasteiger partial charge is 0.359 e. The zero-order chi connectivity index (χ0) is 22.3. The van der Waals surface area contributed by atoms with Crippen LogP contribution in [0.15, 0.2) is 47.2 Å². The van der Waals surface area contributed by atoms with Crippen molar-refractivity contribution in [1.82, 2.24) is 9.97 Å². The summed E-state index contributed by atoms with van der Waals surface area (Å²) in [5, 5.41) is 0.716. The summed E-state index contributed by atoms with van der Waals surface area (Å²) in [6, 6.07) is 5.49. The standard InChI is InChI=1S/C22H19F5N4/c1-12(14-7-13-3-5-29-20(13)17(23)8-14)16-11-31(6-4-19(16)28-2)21-18(24)9-15(10-30-21)22(25,26)27/h3,5,7-10,29H,4,6,11H2,1-2H3/b16-12+,28-19-. The number of hydrogen-bond donors (Lipinski definition) is 1. The fourth-order valence-corrected chi connectivity index (χ4v) is 3.85. The number of nitrogens with one attached hydrogen (secondary N) is 1. The average Bonchev–Trinajstić information content (AvgIpc) is 3.21. The van der Waals surface area contributed by atoms with Crippen molar-refractivity contribution in [1.29, 1.82) is 0 Å². The second-order valence-corrected chi connectivity index (χ2v) is 7.37. The minimum Gasteiger partial charge on any atom is -0.359 e. The third-order valence-electron chi connectivity index (χ3n) is 5.53. The van der Waals surface area contributed by atoms with Crippen molar-refractivity contribution in [3.05, 3.63) is 65.0 Å². The largest absolute Gasteiger partial charge is 0.417 e. The summed E-state index contributed by atoms with van der Waals surface area (Å²) >= 11 is 0. The van der Waals surface area contributed by atoms with Gasteiger partial charge in [0.1, 0.15) is 5.82 Å². The van der Waals surface area contributed by atoms with E-state index in [-0.39, 0.29) is 12.4 Å². The monoisotopic (exact) mass is 434 g/mol. The molecule has 3 aromatic rings. The number of aliphatic imine (C=N–C) groups is 1. The molecule has 4 rings (SSSR count). The van der Waals surface area contributed by atoms with Crippen LogP contribution in [-0.4, -0.2) is 35.8 Å². The van der Waals surface area contributed by atoms with E-state index in [4.69, 9.17) is 0 Å². The van der Waals surface area contributed by atoms with Crippen molar-refractivity contribution >= 4 is 28.0 Å². The Hall–Kier alpha value is -3.23. The minimum atomic E-state index is -4.67. The maximum Gasteiger partial charge on any atom is 0.417 e. The number of allylic oxidation sites excluding steroid dienone is 1. The molecule has 3 heterocycles. The lowest BCUT2D eigenvalue weighted by Gasteiger charge is -2.32. The van der Waals surface area contributed by atoms with Crippen LogP contribution in [-0.2, 0) is 6.18 Å². The number of aromatic nitrogens is 2. The van der Waals surface area contributed by atoms with Gasteiger partial charge in [0.2, 0.25) is 0 Å². The molecule has 1 aliphatic rings. The molecule has 0 spiro atoms. The first kappa shape index (κ1) is 21.0. The van der Waals surface area contributed by atoms with E-state index in [0.29, 0.717) is 41.7 Å². The van der Waals surface area contributed by atoms with Crippen LogP contribution >= 0.6 is 0 Å². The van der Waals surface area contributed by atoms with Gasteiger partial charge in [0.05, 0.1) is 11.1 Å². The van der Waals surface area contributed by atoms with Gasteiger partial charge in [0.25, 0.3) is 0 Å². The van der Waals surface area contributed by atoms with E-state index in [1.165, 1.54) is 6.07 Å². The number of aromatic amines is 1. The lowest BCUT2D eigenvalue weighted by molar-refractivity contribution is -0.138. The van der Waals surface area contributed by atoms with Crippen molar-refractivity contribution in [2.75, 3.05) is 25.0 Å². The highest BCUT2D eigenvalue weighted by Crippen LogP contribution is 2.33. The molecule has 162 valence electrons. The van der Waals surface area contributed by atoms with Gasteiger partial charge in [-0.2, -0.15) is 13.2 Å². The van der Waals surface area contributed by atoms with Crippen LogP contribution in [0.2, 0.25) is 0 Å². The van der Waals surface area contributed by atoms with Crippen LogP contribution in [0.5, 0.6) is 0 Å². The Labute approximate surface area is 175 Å². The Morgan fingerprint density at radius 1 is 1.16 bits per heavy atom. The molecule has 1 saturated heterocycles. The van der Waals surface area contributed by atoms with Crippen LogP contribution < -0.4 is 4.90 Å². The second-order valence-electron chi connectivity index (χ2n) is 7.37. The maximum absolute atomic E-state index is 14.5. The van der Waals surface area contributed by atoms with Crippen molar-refractivity contribution in [2.24, 2.45) is 4.99 Å². The number of anilines is 1. The molecule has 4 nitrogen and oxygen atoms in total. The third kappa shape index (κ3) is 3.92. The maximum atomic E-state index is 14.5. The SMILES string of the molecule is C/N=C1/CCN(c2ncc(C(F)(F)F)cc2F)C/C1=C(/C)c1cc(F)c2[nH]ccc2c1. The number of rotatable bonds is 2. The molecule has 0 radical (unpaired) electrons. The first-order chi connectivity index (χ1) is 14.7. The molecule has 1 N–H and O–H groups in total. The van der Waals surface area contributed by atoms with E-state index in [1.807, 2.05) is 13.0 Å². The van der Waals surface area contributed by atoms with E-state index in [1.54, 1.807) is 24.2 Å². The Balaban J connectivity index is 1.73. The first-order valence-corrected chi connectivity index (χ1v) is 9.59. The number of piperidine rings is 1. The number of fused-ring (bicyclic) bond motifs is 1. The number of hydrogen-bond acceptors (Lipinski definition) is 3. The molecule has 1 fully saturated rings. The highest BCUT2D eigenvalue weighted by Gasteiger charge is 2.33. The summed E-state index contributed by atoms with van der Waals surface area (Å²) in [6.45, 7) is 2.37. The molecular formula is C22H19F5N4. The van der Waals surface area contributed by atoms with Gasteiger partial charge in [0.15, 0.2) is 11.6 Å². The number of halogens is 5. The summed E-state index contributed by atoms with van der Waals surface area (Å²) in [5.41, 5.74) is 2.25. The number of benzene rings is 1. The molecule has 0 amide bonds. The number of pyridine rings is 1. The molecule has 31 heavy (non-hydrogen) atoms. The zero-order valence-electron chi connectivity index (χ0n) is 16.8. The molecule has 2 aromatic heterocycles. The Bertz CT molecular complexity index is 1210. The summed E-state index contributed by atoms with van der Waals surface area (Å²) in [7, 11) is 1.64.